The second-order valence-corrected chi connectivity index (χ2v) is 6.90. The summed E-state index contributed by atoms with van der Waals surface area (Å²) in [4.78, 5) is 0. The largest absolute Gasteiger partial charge is 0.380 e. The van der Waals surface area contributed by atoms with Crippen LogP contribution in [0.3, 0.4) is 0 Å². The summed E-state index contributed by atoms with van der Waals surface area (Å²) in [5.41, 5.74) is 1.12. The second-order valence-electron chi connectivity index (χ2n) is 4.93. The van der Waals surface area contributed by atoms with Gasteiger partial charge < -0.3 is 4.74 Å². The molecule has 1 fully saturated rings. The molecule has 0 saturated carbocycles. The molecule has 5 nitrogen and oxygen atoms in total. The van der Waals surface area contributed by atoms with Crippen LogP contribution in [0.4, 0.5) is 0 Å². The predicted molar refractivity (Wildman–Crippen MR) is 75.4 cm³/mol. The summed E-state index contributed by atoms with van der Waals surface area (Å²) in [7, 11) is -1.75. The quantitative estimate of drug-likeness (QED) is 0.843. The Morgan fingerprint density at radius 2 is 2.30 bits per heavy atom. The maximum atomic E-state index is 12.4. The van der Waals surface area contributed by atoms with Crippen molar-refractivity contribution in [2.45, 2.75) is 24.7 Å². The zero-order valence-corrected chi connectivity index (χ0v) is 12.3. The standard InChI is InChI=1S/C14H18N2O3S/c1-19-14-6-3-7-16(10-14)20(17,18)11-13-5-2-4-12(8-13)9-15/h2,4-5,8,14H,3,6-7,10-11H2,1H3/t14-/m1/s1. The van der Waals surface area contributed by atoms with Crippen LogP contribution >= 0.6 is 0 Å². The van der Waals surface area contributed by atoms with E-state index in [0.717, 1.165) is 12.8 Å². The molecule has 1 aliphatic heterocycles. The lowest BCUT2D eigenvalue weighted by atomic mass is 10.1. The van der Waals surface area contributed by atoms with Crippen LogP contribution in [0.25, 0.3) is 0 Å². The summed E-state index contributed by atoms with van der Waals surface area (Å²) in [5, 5.41) is 8.85. The lowest BCUT2D eigenvalue weighted by molar-refractivity contribution is 0.0571. The molecule has 0 aliphatic carbocycles. The number of nitriles is 1. The molecular weight excluding hydrogens is 276 g/mol. The van der Waals surface area contributed by atoms with Crippen molar-refractivity contribution in [3.63, 3.8) is 0 Å². The lowest BCUT2D eigenvalue weighted by Crippen LogP contribution is -2.43. The normalized spacial score (nSPS) is 20.5. The first kappa shape index (κ1) is 15.0. The number of methoxy groups -OCH3 is 1. The molecule has 0 amide bonds. The fraction of sp³-hybridized carbons (Fsp3) is 0.500. The number of benzene rings is 1. The molecule has 1 aromatic carbocycles. The van der Waals surface area contributed by atoms with E-state index >= 15 is 0 Å². The monoisotopic (exact) mass is 294 g/mol. The number of piperidine rings is 1. The van der Waals surface area contributed by atoms with Gasteiger partial charge in [0.2, 0.25) is 10.0 Å². The van der Waals surface area contributed by atoms with Crippen molar-refractivity contribution in [1.82, 2.24) is 4.31 Å². The smallest absolute Gasteiger partial charge is 0.218 e. The summed E-state index contributed by atoms with van der Waals surface area (Å²) in [6.07, 6.45) is 1.69. The molecule has 20 heavy (non-hydrogen) atoms. The zero-order chi connectivity index (χ0) is 14.6. The number of nitrogens with zero attached hydrogens (tertiary/aromatic N) is 2. The summed E-state index contributed by atoms with van der Waals surface area (Å²) < 4.78 is 31.6. The number of sulfonamides is 1. The van der Waals surface area contributed by atoms with E-state index in [1.54, 1.807) is 31.4 Å². The van der Waals surface area contributed by atoms with Gasteiger partial charge in [0, 0.05) is 20.2 Å². The Morgan fingerprint density at radius 1 is 1.50 bits per heavy atom. The Bertz CT molecular complexity index is 607. The summed E-state index contributed by atoms with van der Waals surface area (Å²) >= 11 is 0. The molecule has 0 aromatic heterocycles. The average Bonchev–Trinajstić information content (AvgIpc) is 2.47. The molecule has 0 spiro atoms. The highest BCUT2D eigenvalue weighted by Gasteiger charge is 2.28. The predicted octanol–water partition coefficient (Wildman–Crippen LogP) is 1.50. The summed E-state index contributed by atoms with van der Waals surface area (Å²) in [5.74, 6) is -0.0705. The first-order valence-electron chi connectivity index (χ1n) is 6.55. The highest BCUT2D eigenvalue weighted by molar-refractivity contribution is 7.88. The van der Waals surface area contributed by atoms with Gasteiger partial charge >= 0.3 is 0 Å². The highest BCUT2D eigenvalue weighted by Crippen LogP contribution is 2.19. The molecule has 108 valence electrons. The molecule has 2 rings (SSSR count). The molecule has 0 unspecified atom stereocenters. The van der Waals surface area contributed by atoms with Gasteiger partial charge in [0.25, 0.3) is 0 Å². The first-order valence-corrected chi connectivity index (χ1v) is 8.16. The van der Waals surface area contributed by atoms with Gasteiger partial charge in [-0.3, -0.25) is 0 Å². The van der Waals surface area contributed by atoms with Crippen molar-refractivity contribution in [2.75, 3.05) is 20.2 Å². The van der Waals surface area contributed by atoms with Crippen LogP contribution in [0, 0.1) is 11.3 Å². The van der Waals surface area contributed by atoms with E-state index < -0.39 is 10.0 Å². The minimum absolute atomic E-state index is 0.0241. The third kappa shape index (κ3) is 3.57. The fourth-order valence-electron chi connectivity index (χ4n) is 2.38. The minimum atomic E-state index is -3.36. The van der Waals surface area contributed by atoms with E-state index in [2.05, 4.69) is 0 Å². The Balaban J connectivity index is 2.12. The molecule has 0 N–H and O–H groups in total. The molecule has 1 heterocycles. The van der Waals surface area contributed by atoms with Crippen LogP contribution in [0.1, 0.15) is 24.0 Å². The van der Waals surface area contributed by atoms with E-state index in [9.17, 15) is 8.42 Å². The van der Waals surface area contributed by atoms with Gasteiger partial charge in [0.15, 0.2) is 0 Å². The molecule has 0 bridgehead atoms. The van der Waals surface area contributed by atoms with Gasteiger partial charge in [0.1, 0.15) is 0 Å². The van der Waals surface area contributed by atoms with Crippen LogP contribution in [0.5, 0.6) is 0 Å². The number of rotatable bonds is 4. The summed E-state index contributed by atoms with van der Waals surface area (Å²) in [6, 6.07) is 8.74. The van der Waals surface area contributed by atoms with Crippen LogP contribution in [0.15, 0.2) is 24.3 Å². The summed E-state index contributed by atoms with van der Waals surface area (Å²) in [6.45, 7) is 0.955. The van der Waals surface area contributed by atoms with Gasteiger partial charge in [0.05, 0.1) is 23.5 Å². The number of ether oxygens (including phenoxy) is 1. The molecule has 1 atom stereocenters. The first-order chi connectivity index (χ1) is 9.55. The minimum Gasteiger partial charge on any atom is -0.380 e. The third-order valence-corrected chi connectivity index (χ3v) is 5.29. The van der Waals surface area contributed by atoms with E-state index in [1.165, 1.54) is 4.31 Å². The van der Waals surface area contributed by atoms with Crippen molar-refractivity contribution >= 4 is 10.0 Å². The zero-order valence-electron chi connectivity index (χ0n) is 11.4. The number of hydrogen-bond acceptors (Lipinski definition) is 4. The van der Waals surface area contributed by atoms with Crippen molar-refractivity contribution in [3.8, 4) is 6.07 Å². The van der Waals surface area contributed by atoms with Crippen molar-refractivity contribution in [1.29, 1.82) is 5.26 Å². The Kier molecular flexibility index (Phi) is 4.76. The average molecular weight is 294 g/mol. The SMILES string of the molecule is CO[C@@H]1CCCN(S(=O)(=O)Cc2cccc(C#N)c2)C1. The van der Waals surface area contributed by atoms with Crippen LogP contribution in [-0.2, 0) is 20.5 Å². The Hall–Kier alpha value is -1.42. The van der Waals surface area contributed by atoms with E-state index in [4.69, 9.17) is 10.00 Å². The Morgan fingerprint density at radius 3 is 3.00 bits per heavy atom. The molecule has 1 saturated heterocycles. The van der Waals surface area contributed by atoms with Crippen LogP contribution in [0.2, 0.25) is 0 Å². The van der Waals surface area contributed by atoms with E-state index in [-0.39, 0.29) is 11.9 Å². The topological polar surface area (TPSA) is 70.4 Å². The maximum absolute atomic E-state index is 12.4. The van der Waals surface area contributed by atoms with Gasteiger partial charge in [-0.05, 0) is 30.5 Å². The van der Waals surface area contributed by atoms with Crippen LogP contribution in [-0.4, -0.2) is 39.0 Å². The van der Waals surface area contributed by atoms with E-state index in [0.29, 0.717) is 24.2 Å². The molecular formula is C14H18N2O3S. The molecule has 0 radical (unpaired) electrons. The van der Waals surface area contributed by atoms with Gasteiger partial charge in [-0.2, -0.15) is 9.57 Å². The van der Waals surface area contributed by atoms with E-state index in [1.807, 2.05) is 6.07 Å². The Labute approximate surface area is 119 Å². The van der Waals surface area contributed by atoms with Crippen molar-refractivity contribution < 1.29 is 13.2 Å². The molecule has 1 aromatic rings. The van der Waals surface area contributed by atoms with Crippen LogP contribution < -0.4 is 0 Å². The van der Waals surface area contributed by atoms with Crippen molar-refractivity contribution in [2.24, 2.45) is 0 Å². The van der Waals surface area contributed by atoms with Gasteiger partial charge in [-0.25, -0.2) is 8.42 Å². The van der Waals surface area contributed by atoms with Gasteiger partial charge in [-0.15, -0.1) is 0 Å². The lowest BCUT2D eigenvalue weighted by Gasteiger charge is -2.31. The third-order valence-electron chi connectivity index (χ3n) is 3.47. The fourth-order valence-corrected chi connectivity index (χ4v) is 3.97. The van der Waals surface area contributed by atoms with Crippen molar-refractivity contribution in [3.05, 3.63) is 35.4 Å². The number of hydrogen-bond donors (Lipinski definition) is 0. The molecule has 6 heteroatoms. The maximum Gasteiger partial charge on any atom is 0.218 e. The molecule has 1 aliphatic rings. The van der Waals surface area contributed by atoms with Gasteiger partial charge in [-0.1, -0.05) is 12.1 Å². The second kappa shape index (κ2) is 6.35. The highest BCUT2D eigenvalue weighted by atomic mass is 32.2.